The van der Waals surface area contributed by atoms with Gasteiger partial charge in [0.2, 0.25) is 5.91 Å². The van der Waals surface area contributed by atoms with E-state index in [0.29, 0.717) is 0 Å². The zero-order valence-electron chi connectivity index (χ0n) is 15.9. The molecule has 0 radical (unpaired) electrons. The molecule has 2 aromatic heterocycles. The molecule has 1 saturated heterocycles. The van der Waals surface area contributed by atoms with Crippen molar-refractivity contribution in [2.45, 2.75) is 30.7 Å². The fourth-order valence-electron chi connectivity index (χ4n) is 3.47. The molecule has 3 rings (SSSR count). The van der Waals surface area contributed by atoms with Crippen LogP contribution in [0.1, 0.15) is 30.7 Å². The van der Waals surface area contributed by atoms with Crippen molar-refractivity contribution in [1.29, 1.82) is 0 Å². The van der Waals surface area contributed by atoms with Crippen molar-refractivity contribution in [3.05, 3.63) is 41.6 Å². The van der Waals surface area contributed by atoms with Crippen molar-refractivity contribution in [3.8, 4) is 5.88 Å². The molecule has 3 heterocycles. The summed E-state index contributed by atoms with van der Waals surface area (Å²) in [7, 11) is 1.34. The van der Waals surface area contributed by atoms with Crippen LogP contribution in [0.2, 0.25) is 0 Å². The number of likely N-dealkylation sites (tertiary alicyclic amines) is 1. The molecule has 11 heteroatoms. The summed E-state index contributed by atoms with van der Waals surface area (Å²) >= 11 is 0. The Bertz CT molecular complexity index is 911. The molecule has 4 N–H and O–H groups in total. The van der Waals surface area contributed by atoms with Gasteiger partial charge in [-0.1, -0.05) is 0 Å². The Kier molecular flexibility index (Phi) is 5.35. The Balaban J connectivity index is 1.99. The van der Waals surface area contributed by atoms with E-state index in [9.17, 15) is 18.0 Å². The quantitative estimate of drug-likeness (QED) is 0.765. The normalized spacial score (nSPS) is 21.3. The van der Waals surface area contributed by atoms with Crippen LogP contribution in [-0.4, -0.2) is 52.1 Å². The van der Waals surface area contributed by atoms with Crippen molar-refractivity contribution >= 4 is 11.6 Å². The first-order valence-electron chi connectivity index (χ1n) is 8.81. The maximum atomic E-state index is 14.7. The Labute approximate surface area is 165 Å². The molecule has 1 aliphatic heterocycles. The number of nitrogens with two attached hydrogens (primary N) is 2. The number of hydrogen-bond acceptors (Lipinski definition) is 7. The lowest BCUT2D eigenvalue weighted by atomic mass is 9.84. The zero-order valence-corrected chi connectivity index (χ0v) is 15.9. The number of hydrogen-bond donors (Lipinski definition) is 2. The Morgan fingerprint density at radius 1 is 1.38 bits per heavy atom. The minimum Gasteiger partial charge on any atom is -0.478 e. The number of rotatable bonds is 5. The molecular formula is C18H21F3N6O2. The van der Waals surface area contributed by atoms with Gasteiger partial charge in [-0.3, -0.25) is 14.7 Å². The average molecular weight is 410 g/mol. The number of carbonyl (C=O) groups is 1. The largest absolute Gasteiger partial charge is 0.478 e. The number of halogens is 3. The summed E-state index contributed by atoms with van der Waals surface area (Å²) in [5.74, 6) is -5.85. The van der Waals surface area contributed by atoms with Gasteiger partial charge in [0.05, 0.1) is 36.3 Å². The van der Waals surface area contributed by atoms with Gasteiger partial charge in [-0.05, 0) is 25.1 Å². The standard InChI is InChI=1S/C18H21F3N6O2/c1-17(16(23)28,14-4-3-10(19)8-24-14)27-6-5-18(20,21)11(9-27)13-7-12(22)15(29-2)26-25-13/h3-4,7-8,11H,5-6,9H2,1-2H3,(H2,22,25)(H2,23,28)/t11-,17?/m0/s1. The van der Waals surface area contributed by atoms with Gasteiger partial charge in [-0.2, -0.15) is 5.10 Å². The molecule has 2 atom stereocenters. The summed E-state index contributed by atoms with van der Waals surface area (Å²) < 4.78 is 47.7. The molecule has 0 aliphatic carbocycles. The molecule has 1 unspecified atom stereocenters. The van der Waals surface area contributed by atoms with Crippen LogP contribution in [0.3, 0.4) is 0 Å². The number of aromatic nitrogens is 3. The van der Waals surface area contributed by atoms with E-state index in [1.807, 2.05) is 0 Å². The lowest BCUT2D eigenvalue weighted by Crippen LogP contribution is -2.59. The molecule has 8 nitrogen and oxygen atoms in total. The maximum absolute atomic E-state index is 14.7. The lowest BCUT2D eigenvalue weighted by molar-refractivity contribution is -0.139. The molecule has 0 spiro atoms. The third-order valence-electron chi connectivity index (χ3n) is 5.32. The molecular weight excluding hydrogens is 389 g/mol. The number of anilines is 1. The minimum atomic E-state index is -3.11. The number of primary amides is 1. The number of carbonyl (C=O) groups excluding carboxylic acids is 1. The third-order valence-corrected chi connectivity index (χ3v) is 5.32. The van der Waals surface area contributed by atoms with E-state index in [1.54, 1.807) is 0 Å². The molecule has 29 heavy (non-hydrogen) atoms. The fraction of sp³-hybridized carbons (Fsp3) is 0.444. The van der Waals surface area contributed by atoms with Crippen molar-refractivity contribution in [2.24, 2.45) is 5.73 Å². The van der Waals surface area contributed by atoms with Crippen LogP contribution in [0.4, 0.5) is 18.9 Å². The highest BCUT2D eigenvalue weighted by Crippen LogP contribution is 2.43. The van der Waals surface area contributed by atoms with E-state index in [0.717, 1.165) is 12.3 Å². The third kappa shape index (κ3) is 3.69. The Morgan fingerprint density at radius 2 is 2.10 bits per heavy atom. The first-order chi connectivity index (χ1) is 13.6. The van der Waals surface area contributed by atoms with Gasteiger partial charge < -0.3 is 16.2 Å². The summed E-state index contributed by atoms with van der Waals surface area (Å²) in [6.45, 7) is 1.09. The van der Waals surface area contributed by atoms with E-state index >= 15 is 0 Å². The number of alkyl halides is 2. The predicted octanol–water partition coefficient (Wildman–Crippen LogP) is 1.43. The number of nitrogen functional groups attached to an aromatic ring is 1. The van der Waals surface area contributed by atoms with Crippen LogP contribution in [0.25, 0.3) is 0 Å². The molecule has 1 amide bonds. The Morgan fingerprint density at radius 3 is 2.66 bits per heavy atom. The first-order valence-corrected chi connectivity index (χ1v) is 8.81. The monoisotopic (exact) mass is 410 g/mol. The molecule has 1 fully saturated rings. The number of nitrogens with zero attached hydrogens (tertiary/aromatic N) is 4. The van der Waals surface area contributed by atoms with Crippen LogP contribution in [-0.2, 0) is 10.3 Å². The van der Waals surface area contributed by atoms with Crippen molar-refractivity contribution in [2.75, 3.05) is 25.9 Å². The SMILES string of the molecule is COc1nnc([C@@H]2CN(C(C)(C(N)=O)c3ccc(F)cn3)CCC2(F)F)cc1N. The van der Waals surface area contributed by atoms with Crippen LogP contribution in [0.15, 0.2) is 24.4 Å². The summed E-state index contributed by atoms with van der Waals surface area (Å²) in [4.78, 5) is 17.8. The molecule has 0 bridgehead atoms. The van der Waals surface area contributed by atoms with Gasteiger partial charge in [-0.15, -0.1) is 5.10 Å². The summed E-state index contributed by atoms with van der Waals surface area (Å²) in [6, 6.07) is 3.73. The van der Waals surface area contributed by atoms with Gasteiger partial charge in [0.25, 0.3) is 11.8 Å². The van der Waals surface area contributed by atoms with Crippen LogP contribution < -0.4 is 16.2 Å². The highest BCUT2D eigenvalue weighted by molar-refractivity contribution is 5.85. The number of pyridine rings is 1. The molecule has 156 valence electrons. The van der Waals surface area contributed by atoms with E-state index in [4.69, 9.17) is 16.2 Å². The van der Waals surface area contributed by atoms with Crippen LogP contribution in [0, 0.1) is 5.82 Å². The summed E-state index contributed by atoms with van der Waals surface area (Å²) in [5.41, 5.74) is 10.1. The smallest absolute Gasteiger partial charge is 0.258 e. The van der Waals surface area contributed by atoms with Crippen LogP contribution >= 0.6 is 0 Å². The van der Waals surface area contributed by atoms with Gasteiger partial charge >= 0.3 is 0 Å². The molecule has 2 aromatic rings. The zero-order chi connectivity index (χ0) is 21.4. The second-order valence-corrected chi connectivity index (χ2v) is 7.04. The average Bonchev–Trinajstić information content (AvgIpc) is 2.67. The van der Waals surface area contributed by atoms with E-state index in [1.165, 1.54) is 31.1 Å². The number of piperidine rings is 1. The van der Waals surface area contributed by atoms with Crippen molar-refractivity contribution < 1.29 is 22.7 Å². The molecule has 0 aromatic carbocycles. The van der Waals surface area contributed by atoms with Gasteiger partial charge in [0.15, 0.2) is 0 Å². The number of methoxy groups -OCH3 is 1. The summed E-state index contributed by atoms with van der Waals surface area (Å²) in [5, 5.41) is 7.57. The maximum Gasteiger partial charge on any atom is 0.258 e. The second kappa shape index (κ2) is 7.47. The van der Waals surface area contributed by atoms with E-state index < -0.39 is 35.5 Å². The highest BCUT2D eigenvalue weighted by Gasteiger charge is 2.52. The topological polar surface area (TPSA) is 120 Å². The van der Waals surface area contributed by atoms with Crippen molar-refractivity contribution in [3.63, 3.8) is 0 Å². The number of amides is 1. The minimum absolute atomic E-state index is 0.0298. The van der Waals surface area contributed by atoms with Crippen LogP contribution in [0.5, 0.6) is 5.88 Å². The second-order valence-electron chi connectivity index (χ2n) is 7.04. The van der Waals surface area contributed by atoms with Gasteiger partial charge in [-0.25, -0.2) is 13.2 Å². The van der Waals surface area contributed by atoms with Crippen molar-refractivity contribution in [1.82, 2.24) is 20.1 Å². The highest BCUT2D eigenvalue weighted by atomic mass is 19.3. The van der Waals surface area contributed by atoms with E-state index in [-0.39, 0.29) is 36.0 Å². The molecule has 0 saturated carbocycles. The van der Waals surface area contributed by atoms with E-state index in [2.05, 4.69) is 15.2 Å². The van der Waals surface area contributed by atoms with Gasteiger partial charge in [0.1, 0.15) is 11.4 Å². The predicted molar refractivity (Wildman–Crippen MR) is 97.6 cm³/mol. The fourth-order valence-corrected chi connectivity index (χ4v) is 3.47. The lowest BCUT2D eigenvalue weighted by Gasteiger charge is -2.45. The Hall–Kier alpha value is -2.95. The summed E-state index contributed by atoms with van der Waals surface area (Å²) in [6.07, 6.45) is 0.400. The first kappa shape index (κ1) is 20.8. The molecule has 1 aliphatic rings. The van der Waals surface area contributed by atoms with Gasteiger partial charge in [0, 0.05) is 19.5 Å². The number of ether oxygens (including phenoxy) is 1.